The van der Waals surface area contributed by atoms with Gasteiger partial charge >= 0.3 is 0 Å². The number of hydrogen-bond donors (Lipinski definition) is 1. The second-order valence-electron chi connectivity index (χ2n) is 3.95. The number of pyridine rings is 1. The standard InChI is InChI=1S/C14H11N3O2/c18-9-10-6-7-14(17-16-10)19-13-5-1-4-12-11(13)3-2-8-15-12/h1-8,18H,9H2. The first kappa shape index (κ1) is 11.6. The van der Waals surface area contributed by atoms with Crippen molar-refractivity contribution in [1.82, 2.24) is 15.2 Å². The second kappa shape index (κ2) is 4.99. The molecule has 0 unspecified atom stereocenters. The fourth-order valence-corrected chi connectivity index (χ4v) is 1.76. The highest BCUT2D eigenvalue weighted by molar-refractivity contribution is 5.85. The van der Waals surface area contributed by atoms with Crippen LogP contribution >= 0.6 is 0 Å². The lowest BCUT2D eigenvalue weighted by atomic mass is 10.2. The van der Waals surface area contributed by atoms with Crippen LogP contribution in [-0.2, 0) is 6.61 Å². The Morgan fingerprint density at radius 1 is 1.00 bits per heavy atom. The molecule has 1 N–H and O–H groups in total. The number of nitrogens with zero attached hydrogens (tertiary/aromatic N) is 3. The van der Waals surface area contributed by atoms with E-state index >= 15 is 0 Å². The number of aromatic nitrogens is 3. The predicted molar refractivity (Wildman–Crippen MR) is 69.8 cm³/mol. The number of aliphatic hydroxyl groups is 1. The summed E-state index contributed by atoms with van der Waals surface area (Å²) >= 11 is 0. The van der Waals surface area contributed by atoms with Crippen LogP contribution in [0.2, 0.25) is 0 Å². The van der Waals surface area contributed by atoms with Crippen LogP contribution in [0.15, 0.2) is 48.7 Å². The van der Waals surface area contributed by atoms with Crippen molar-refractivity contribution in [1.29, 1.82) is 0 Å². The van der Waals surface area contributed by atoms with Crippen LogP contribution in [0.1, 0.15) is 5.69 Å². The molecule has 2 heterocycles. The van der Waals surface area contributed by atoms with Crippen molar-refractivity contribution in [2.75, 3.05) is 0 Å². The maximum atomic E-state index is 8.91. The Bertz CT molecular complexity index is 693. The molecule has 94 valence electrons. The zero-order valence-corrected chi connectivity index (χ0v) is 10.0. The molecule has 0 aliphatic heterocycles. The molecule has 0 aliphatic rings. The molecule has 3 rings (SSSR count). The summed E-state index contributed by atoms with van der Waals surface area (Å²) in [6, 6.07) is 12.8. The van der Waals surface area contributed by atoms with Gasteiger partial charge in [0, 0.05) is 17.6 Å². The van der Waals surface area contributed by atoms with Gasteiger partial charge in [0.1, 0.15) is 5.75 Å². The average molecular weight is 253 g/mol. The minimum atomic E-state index is -0.133. The topological polar surface area (TPSA) is 68.1 Å². The number of ether oxygens (including phenoxy) is 1. The zero-order chi connectivity index (χ0) is 13.1. The molecule has 19 heavy (non-hydrogen) atoms. The molecule has 1 aromatic carbocycles. The lowest BCUT2D eigenvalue weighted by Crippen LogP contribution is -1.95. The van der Waals surface area contributed by atoms with E-state index in [1.807, 2.05) is 30.3 Å². The first-order chi connectivity index (χ1) is 9.36. The molecule has 0 amide bonds. The van der Waals surface area contributed by atoms with Gasteiger partial charge in [0.15, 0.2) is 0 Å². The Hall–Kier alpha value is -2.53. The van der Waals surface area contributed by atoms with E-state index in [4.69, 9.17) is 9.84 Å². The molecular weight excluding hydrogens is 242 g/mol. The molecule has 0 saturated heterocycles. The molecule has 5 nitrogen and oxygen atoms in total. The van der Waals surface area contributed by atoms with E-state index in [0.717, 1.165) is 10.9 Å². The lowest BCUT2D eigenvalue weighted by molar-refractivity contribution is 0.274. The zero-order valence-electron chi connectivity index (χ0n) is 10.0. The van der Waals surface area contributed by atoms with Crippen molar-refractivity contribution >= 4 is 10.9 Å². The Morgan fingerprint density at radius 2 is 1.95 bits per heavy atom. The minimum absolute atomic E-state index is 0.133. The second-order valence-corrected chi connectivity index (χ2v) is 3.95. The average Bonchev–Trinajstić information content (AvgIpc) is 2.48. The monoisotopic (exact) mass is 253 g/mol. The smallest absolute Gasteiger partial charge is 0.238 e. The van der Waals surface area contributed by atoms with Gasteiger partial charge in [0.05, 0.1) is 17.8 Å². The lowest BCUT2D eigenvalue weighted by Gasteiger charge is -2.07. The number of hydrogen-bond acceptors (Lipinski definition) is 5. The molecule has 0 atom stereocenters. The normalized spacial score (nSPS) is 10.6. The molecule has 0 aliphatic carbocycles. The van der Waals surface area contributed by atoms with Gasteiger partial charge in [0.25, 0.3) is 0 Å². The first-order valence-corrected chi connectivity index (χ1v) is 5.82. The molecule has 0 saturated carbocycles. The van der Waals surface area contributed by atoms with Crippen molar-refractivity contribution in [3.63, 3.8) is 0 Å². The van der Waals surface area contributed by atoms with Gasteiger partial charge in [-0.3, -0.25) is 4.98 Å². The largest absolute Gasteiger partial charge is 0.437 e. The number of benzene rings is 1. The van der Waals surface area contributed by atoms with Gasteiger partial charge in [-0.1, -0.05) is 6.07 Å². The quantitative estimate of drug-likeness (QED) is 0.775. The molecule has 2 aromatic heterocycles. The third-order valence-corrected chi connectivity index (χ3v) is 2.68. The highest BCUT2D eigenvalue weighted by Gasteiger charge is 2.05. The van der Waals surface area contributed by atoms with Crippen molar-refractivity contribution < 1.29 is 9.84 Å². The van der Waals surface area contributed by atoms with Gasteiger partial charge in [0.2, 0.25) is 5.88 Å². The fraction of sp³-hybridized carbons (Fsp3) is 0.0714. The van der Waals surface area contributed by atoms with Crippen LogP contribution in [0, 0.1) is 0 Å². The van der Waals surface area contributed by atoms with E-state index in [1.54, 1.807) is 18.3 Å². The fourth-order valence-electron chi connectivity index (χ4n) is 1.76. The summed E-state index contributed by atoms with van der Waals surface area (Å²) in [6.45, 7) is -0.133. The van der Waals surface area contributed by atoms with Crippen molar-refractivity contribution in [3.8, 4) is 11.6 Å². The maximum Gasteiger partial charge on any atom is 0.238 e. The van der Waals surface area contributed by atoms with E-state index in [9.17, 15) is 0 Å². The summed E-state index contributed by atoms with van der Waals surface area (Å²) in [5, 5.41) is 17.6. The first-order valence-electron chi connectivity index (χ1n) is 5.82. The van der Waals surface area contributed by atoms with Crippen molar-refractivity contribution in [3.05, 3.63) is 54.4 Å². The van der Waals surface area contributed by atoms with E-state index in [2.05, 4.69) is 15.2 Å². The summed E-state index contributed by atoms with van der Waals surface area (Å²) in [5.41, 5.74) is 1.37. The molecule has 3 aromatic rings. The SMILES string of the molecule is OCc1ccc(Oc2cccc3ncccc23)nn1. The van der Waals surface area contributed by atoms with Gasteiger partial charge in [-0.25, -0.2) is 0 Å². The Balaban J connectivity index is 1.96. The predicted octanol–water partition coefficient (Wildman–Crippen LogP) is 2.31. The van der Waals surface area contributed by atoms with Crippen molar-refractivity contribution in [2.24, 2.45) is 0 Å². The van der Waals surface area contributed by atoms with Gasteiger partial charge in [-0.05, 0) is 30.3 Å². The number of aliphatic hydroxyl groups excluding tert-OH is 1. The van der Waals surface area contributed by atoms with Gasteiger partial charge < -0.3 is 9.84 Å². The minimum Gasteiger partial charge on any atom is -0.437 e. The molecule has 0 radical (unpaired) electrons. The molecular formula is C14H11N3O2. The summed E-state index contributed by atoms with van der Waals surface area (Å²) < 4.78 is 5.70. The highest BCUT2D eigenvalue weighted by atomic mass is 16.5. The number of fused-ring (bicyclic) bond motifs is 1. The molecule has 0 bridgehead atoms. The molecule has 0 spiro atoms. The van der Waals surface area contributed by atoms with Crippen LogP contribution < -0.4 is 4.74 Å². The Labute approximate surface area is 109 Å². The van der Waals surface area contributed by atoms with E-state index in [0.29, 0.717) is 17.3 Å². The third kappa shape index (κ3) is 2.36. The summed E-state index contributed by atoms with van der Waals surface area (Å²) in [5.74, 6) is 1.06. The summed E-state index contributed by atoms with van der Waals surface area (Å²) in [7, 11) is 0. The summed E-state index contributed by atoms with van der Waals surface area (Å²) in [6.07, 6.45) is 1.74. The van der Waals surface area contributed by atoms with Crippen LogP contribution in [0.4, 0.5) is 0 Å². The molecule has 0 fully saturated rings. The van der Waals surface area contributed by atoms with Gasteiger partial charge in [-0.2, -0.15) is 0 Å². The number of rotatable bonds is 3. The molecule has 5 heteroatoms. The third-order valence-electron chi connectivity index (χ3n) is 2.68. The Kier molecular flexibility index (Phi) is 3.04. The van der Waals surface area contributed by atoms with E-state index < -0.39 is 0 Å². The highest BCUT2D eigenvalue weighted by Crippen LogP contribution is 2.27. The van der Waals surface area contributed by atoms with Crippen LogP contribution in [0.3, 0.4) is 0 Å². The van der Waals surface area contributed by atoms with E-state index in [-0.39, 0.29) is 6.61 Å². The van der Waals surface area contributed by atoms with Crippen molar-refractivity contribution in [2.45, 2.75) is 6.61 Å². The Morgan fingerprint density at radius 3 is 2.74 bits per heavy atom. The summed E-state index contributed by atoms with van der Waals surface area (Å²) in [4.78, 5) is 4.26. The van der Waals surface area contributed by atoms with Crippen LogP contribution in [0.5, 0.6) is 11.6 Å². The van der Waals surface area contributed by atoms with Crippen LogP contribution in [-0.4, -0.2) is 20.3 Å². The maximum absolute atomic E-state index is 8.91. The van der Waals surface area contributed by atoms with Gasteiger partial charge in [-0.15, -0.1) is 10.2 Å². The van der Waals surface area contributed by atoms with Crippen LogP contribution in [0.25, 0.3) is 10.9 Å². The van der Waals surface area contributed by atoms with E-state index in [1.165, 1.54) is 0 Å².